The molecule has 9 atom stereocenters. The lowest BCUT2D eigenvalue weighted by molar-refractivity contribution is -0.236. The first-order chi connectivity index (χ1) is 18.9. The molecule has 0 spiro atoms. The van der Waals surface area contributed by atoms with Crippen LogP contribution in [0.15, 0.2) is 28.2 Å². The number of aliphatic hydroxyl groups is 4. The summed E-state index contributed by atoms with van der Waals surface area (Å²) < 4.78 is 35.3. The average molecular weight is 605 g/mol. The highest BCUT2D eigenvalue weighted by Gasteiger charge is 2.48. The number of hydrogen-bond acceptors (Lipinski definition) is 17. The molecule has 1 unspecified atom stereocenters. The lowest BCUT2D eigenvalue weighted by atomic mass is 10.1. The van der Waals surface area contributed by atoms with Gasteiger partial charge in [-0.05, 0) is 6.07 Å². The zero-order valence-electron chi connectivity index (χ0n) is 21.2. The van der Waals surface area contributed by atoms with Gasteiger partial charge in [0.1, 0.15) is 42.4 Å². The number of imidazole rings is 1. The summed E-state index contributed by atoms with van der Waals surface area (Å²) in [5, 5.41) is 41.2. The highest BCUT2D eigenvalue weighted by atomic mass is 31.2. The van der Waals surface area contributed by atoms with Crippen molar-refractivity contribution in [3.8, 4) is 0 Å². The van der Waals surface area contributed by atoms with Crippen molar-refractivity contribution in [2.24, 2.45) is 0 Å². The van der Waals surface area contributed by atoms with Crippen LogP contribution in [-0.2, 0) is 23.1 Å². The van der Waals surface area contributed by atoms with Crippen molar-refractivity contribution in [2.45, 2.75) is 49.1 Å². The maximum absolute atomic E-state index is 12.6. The molecule has 0 aliphatic carbocycles. The number of nitrogen functional groups attached to an aromatic ring is 2. The first-order valence-electron chi connectivity index (χ1n) is 11.6. The first-order valence-corrected chi connectivity index (χ1v) is 13.0. The Balaban J connectivity index is 0.00000387. The number of aromatic nitrogens is 6. The number of nitrogens with zero attached hydrogens (tertiary/aromatic N) is 5. The molecular formula is C19H28N9O12P. The van der Waals surface area contributed by atoms with Gasteiger partial charge in [-0.1, -0.05) is 0 Å². The smallest absolute Gasteiger partial charge is 0.351 e. The monoisotopic (exact) mass is 605 g/mol. The summed E-state index contributed by atoms with van der Waals surface area (Å²) in [6.07, 6.45) is -10.1. The van der Waals surface area contributed by atoms with Crippen molar-refractivity contribution in [3.05, 3.63) is 39.4 Å². The summed E-state index contributed by atoms with van der Waals surface area (Å²) in [4.78, 5) is 50.3. The van der Waals surface area contributed by atoms with E-state index in [4.69, 9.17) is 30.0 Å². The van der Waals surface area contributed by atoms with Crippen molar-refractivity contribution >= 4 is 30.8 Å². The van der Waals surface area contributed by atoms with Crippen LogP contribution in [0.2, 0.25) is 0 Å². The minimum absolute atomic E-state index is 0. The van der Waals surface area contributed by atoms with Gasteiger partial charge < -0.3 is 61.5 Å². The van der Waals surface area contributed by atoms with Crippen LogP contribution in [0.1, 0.15) is 12.5 Å². The molecule has 3 aromatic heterocycles. The molecule has 0 amide bonds. The van der Waals surface area contributed by atoms with E-state index in [1.165, 1.54) is 6.07 Å². The van der Waals surface area contributed by atoms with Crippen molar-refractivity contribution in [2.75, 3.05) is 24.7 Å². The zero-order chi connectivity index (χ0) is 28.9. The van der Waals surface area contributed by atoms with Gasteiger partial charge in [0.05, 0.1) is 19.5 Å². The second-order valence-electron chi connectivity index (χ2n) is 8.92. The van der Waals surface area contributed by atoms with E-state index in [0.29, 0.717) is 0 Å². The Labute approximate surface area is 228 Å². The molecule has 21 nitrogen and oxygen atoms in total. The fourth-order valence-electron chi connectivity index (χ4n) is 4.42. The highest BCUT2D eigenvalue weighted by Crippen LogP contribution is 2.46. The van der Waals surface area contributed by atoms with Crippen LogP contribution in [0.4, 0.5) is 11.8 Å². The van der Waals surface area contributed by atoms with E-state index in [0.717, 1.165) is 21.7 Å². The van der Waals surface area contributed by atoms with E-state index in [2.05, 4.69) is 19.9 Å². The molecule has 2 aliphatic heterocycles. The number of nitrogens with one attached hydrogen (secondary N) is 1. The molecule has 226 valence electrons. The lowest BCUT2D eigenvalue weighted by Gasteiger charge is -2.30. The molecule has 41 heavy (non-hydrogen) atoms. The van der Waals surface area contributed by atoms with Crippen molar-refractivity contribution in [1.82, 2.24) is 35.2 Å². The lowest BCUT2D eigenvalue weighted by Crippen LogP contribution is -2.39. The quantitative estimate of drug-likeness (QED) is 0.112. The van der Waals surface area contributed by atoms with E-state index in [9.17, 15) is 39.5 Å². The van der Waals surface area contributed by atoms with Gasteiger partial charge in [0.15, 0.2) is 23.6 Å². The fraction of sp³-hybridized carbons (Fsp3) is 0.526. The second-order valence-corrected chi connectivity index (χ2v) is 10.3. The summed E-state index contributed by atoms with van der Waals surface area (Å²) >= 11 is 0. The van der Waals surface area contributed by atoms with Gasteiger partial charge in [0, 0.05) is 6.20 Å². The fourth-order valence-corrected chi connectivity index (χ4v) is 5.37. The van der Waals surface area contributed by atoms with Crippen LogP contribution in [0.3, 0.4) is 0 Å². The number of phosphoric ester groups is 1. The molecule has 2 saturated heterocycles. The van der Waals surface area contributed by atoms with Gasteiger partial charge in [-0.25, -0.2) is 9.78 Å². The molecule has 0 bridgehead atoms. The third-order valence-electron chi connectivity index (χ3n) is 6.32. The van der Waals surface area contributed by atoms with Crippen LogP contribution in [0.25, 0.3) is 11.2 Å². The van der Waals surface area contributed by atoms with Gasteiger partial charge in [0.25, 0.3) is 13.4 Å². The number of ether oxygens (including phenoxy) is 2. The minimum atomic E-state index is -5.29. The molecule has 0 aromatic carbocycles. The van der Waals surface area contributed by atoms with Crippen LogP contribution >= 0.6 is 7.82 Å². The van der Waals surface area contributed by atoms with E-state index in [-0.39, 0.29) is 29.1 Å². The Bertz CT molecular complexity index is 1560. The Hall–Kier alpha value is -3.34. The predicted molar refractivity (Wildman–Crippen MR) is 133 cm³/mol. The molecule has 0 saturated carbocycles. The van der Waals surface area contributed by atoms with Gasteiger partial charge in [-0.2, -0.15) is 9.97 Å². The van der Waals surface area contributed by atoms with Crippen molar-refractivity contribution in [1.29, 1.82) is 0 Å². The van der Waals surface area contributed by atoms with Gasteiger partial charge in [-0.15, -0.1) is 0 Å². The summed E-state index contributed by atoms with van der Waals surface area (Å²) in [6, 6.07) is 1.24. The number of aromatic amines is 1. The van der Waals surface area contributed by atoms with E-state index < -0.39 is 81.4 Å². The standard InChI is InChI=1S/C19H25N8O12P.H3N/c20-8-1-2-26(19(33)23-8)17-12(31)13(6(3-28)37-17)39-40(34,35)36-4-7-10(29)11(30)16(38-7)27-5-22-9-14(27)24-18(21)25-15(9)32;/h1-2,5-7,10-13,16-17,28-31H,3-4H2,(H,34,35)(H2,20,23,33)(H3,21,24,25,32);1H3/t6-,7-,10-,11-,12-,13-,16-,17-;/m1./s1. The molecule has 2 aliphatic rings. The zero-order valence-corrected chi connectivity index (χ0v) is 22.1. The Morgan fingerprint density at radius 2 is 1.76 bits per heavy atom. The number of phosphoric acid groups is 1. The average Bonchev–Trinajstić information content (AvgIpc) is 3.53. The number of aliphatic hydroxyl groups excluding tert-OH is 4. The molecule has 5 rings (SSSR count). The molecule has 13 N–H and O–H groups in total. The first kappa shape index (κ1) is 30.6. The van der Waals surface area contributed by atoms with Gasteiger partial charge in [0.2, 0.25) is 5.95 Å². The van der Waals surface area contributed by atoms with E-state index >= 15 is 0 Å². The third kappa shape index (κ3) is 5.73. The predicted octanol–water partition coefficient (Wildman–Crippen LogP) is -4.34. The number of quaternary nitrogens is 1. The normalized spacial score (nSPS) is 31.2. The van der Waals surface area contributed by atoms with Crippen LogP contribution in [-0.4, -0.2) is 99.3 Å². The van der Waals surface area contributed by atoms with Crippen molar-refractivity contribution in [3.63, 3.8) is 0 Å². The Morgan fingerprint density at radius 3 is 2.44 bits per heavy atom. The number of nitrogens with two attached hydrogens (primary N) is 2. The molecule has 22 heteroatoms. The summed E-state index contributed by atoms with van der Waals surface area (Å²) in [7, 11) is -5.29. The minimum Gasteiger partial charge on any atom is -0.756 e. The van der Waals surface area contributed by atoms with Crippen LogP contribution in [0.5, 0.6) is 0 Å². The topological polar surface area (TPSA) is 345 Å². The SMILES string of the molecule is Nc1ccn([C@@H]2O[C@H](CO)[C@@H](OP(=O)([O-])OC[C@H]3O[C@@H](n4cnc5c(=O)[nH]c(N)nc54)[C@H](O)[C@@H]3O)[C@H]2O)c(=O)n1.[NH4+]. The van der Waals surface area contributed by atoms with E-state index in [1.807, 2.05) is 0 Å². The van der Waals surface area contributed by atoms with Crippen LogP contribution in [0, 0.1) is 0 Å². The molecule has 3 aromatic rings. The summed E-state index contributed by atoms with van der Waals surface area (Å²) in [5.74, 6) is -0.340. The largest absolute Gasteiger partial charge is 0.756 e. The second kappa shape index (κ2) is 11.5. The van der Waals surface area contributed by atoms with Crippen LogP contribution < -0.4 is 33.8 Å². The van der Waals surface area contributed by atoms with Crippen molar-refractivity contribution < 1.29 is 48.4 Å². The number of H-pyrrole nitrogens is 1. The number of hydrogen-bond donors (Lipinski definition) is 8. The third-order valence-corrected chi connectivity index (χ3v) is 7.29. The van der Waals surface area contributed by atoms with Gasteiger partial charge >= 0.3 is 5.69 Å². The molecule has 2 fully saturated rings. The molecule has 0 radical (unpaired) electrons. The maximum Gasteiger partial charge on any atom is 0.351 e. The summed E-state index contributed by atoms with van der Waals surface area (Å²) in [6.45, 7) is -1.65. The van der Waals surface area contributed by atoms with E-state index in [1.54, 1.807) is 0 Å². The highest BCUT2D eigenvalue weighted by molar-refractivity contribution is 7.45. The number of rotatable bonds is 8. The van der Waals surface area contributed by atoms with Gasteiger partial charge in [-0.3, -0.25) is 23.5 Å². The summed E-state index contributed by atoms with van der Waals surface area (Å²) in [5.41, 5.74) is 9.26. The Morgan fingerprint density at radius 1 is 1.07 bits per heavy atom. The molecule has 5 heterocycles. The maximum atomic E-state index is 12.6. The number of fused-ring (bicyclic) bond motifs is 1. The Kier molecular flexibility index (Phi) is 8.59. The molecular weight excluding hydrogens is 577 g/mol. The number of anilines is 2.